The molecular weight excluding hydrogens is 270 g/mol. The van der Waals surface area contributed by atoms with Gasteiger partial charge in [-0.2, -0.15) is 0 Å². The van der Waals surface area contributed by atoms with Gasteiger partial charge in [0.25, 0.3) is 0 Å². The summed E-state index contributed by atoms with van der Waals surface area (Å²) in [5.74, 6) is 0.679. The molecule has 1 aliphatic heterocycles. The number of rotatable bonds is 4. The summed E-state index contributed by atoms with van der Waals surface area (Å²) in [7, 11) is 0. The molecule has 0 spiro atoms. The monoisotopic (exact) mass is 285 g/mol. The summed E-state index contributed by atoms with van der Waals surface area (Å²) in [6, 6.07) is 14.6. The average molecular weight is 285 g/mol. The highest BCUT2D eigenvalue weighted by Crippen LogP contribution is 2.24. The summed E-state index contributed by atoms with van der Waals surface area (Å²) in [6.07, 6.45) is 0.749. The maximum Gasteiger partial charge on any atom is 0.229 e. The van der Waals surface area contributed by atoms with Crippen LogP contribution in [0.5, 0.6) is 0 Å². The van der Waals surface area contributed by atoms with E-state index < -0.39 is 0 Å². The van der Waals surface area contributed by atoms with Crippen LogP contribution >= 0.6 is 11.8 Å². The van der Waals surface area contributed by atoms with Crippen molar-refractivity contribution >= 4 is 34.3 Å². The quantitative estimate of drug-likeness (QED) is 0.640. The first-order valence-corrected chi connectivity index (χ1v) is 7.67. The van der Waals surface area contributed by atoms with E-state index in [0.717, 1.165) is 5.75 Å². The third-order valence-corrected chi connectivity index (χ3v) is 4.43. The summed E-state index contributed by atoms with van der Waals surface area (Å²) < 4.78 is 0. The van der Waals surface area contributed by atoms with Gasteiger partial charge in [-0.25, -0.2) is 0 Å². The van der Waals surface area contributed by atoms with Gasteiger partial charge < -0.3 is 0 Å². The largest absolute Gasteiger partial charge is 0.282 e. The minimum atomic E-state index is -0.0332. The Bertz CT molecular complexity index is 652. The molecule has 0 radical (unpaired) electrons. The predicted octanol–water partition coefficient (Wildman–Crippen LogP) is 3.08. The molecule has 0 N–H and O–H groups in total. The molecule has 4 heteroatoms. The molecule has 3 nitrogen and oxygen atoms in total. The molecular formula is C16H15NO2S. The molecule has 2 amide bonds. The second-order valence-electron chi connectivity index (χ2n) is 4.80. The molecule has 1 fully saturated rings. The summed E-state index contributed by atoms with van der Waals surface area (Å²) in [5.41, 5.74) is 0. The molecule has 1 heterocycles. The third-order valence-electron chi connectivity index (χ3n) is 3.46. The molecule has 20 heavy (non-hydrogen) atoms. The van der Waals surface area contributed by atoms with Crippen molar-refractivity contribution in [2.75, 3.05) is 12.3 Å². The highest BCUT2D eigenvalue weighted by atomic mass is 32.2. The van der Waals surface area contributed by atoms with Crippen LogP contribution in [-0.4, -0.2) is 29.0 Å². The number of nitrogens with zero attached hydrogens (tertiary/aromatic N) is 1. The van der Waals surface area contributed by atoms with Crippen molar-refractivity contribution in [2.24, 2.45) is 0 Å². The minimum Gasteiger partial charge on any atom is -0.282 e. The lowest BCUT2D eigenvalue weighted by Crippen LogP contribution is -2.31. The van der Waals surface area contributed by atoms with Gasteiger partial charge in [-0.05, 0) is 22.9 Å². The topological polar surface area (TPSA) is 37.4 Å². The highest BCUT2D eigenvalue weighted by Gasteiger charge is 2.27. The normalized spacial score (nSPS) is 15.3. The number of likely N-dealkylation sites (tertiary alicyclic amines) is 1. The van der Waals surface area contributed by atoms with Crippen LogP contribution in [0.4, 0.5) is 0 Å². The molecule has 1 aliphatic rings. The molecule has 2 aromatic rings. The van der Waals surface area contributed by atoms with Crippen molar-refractivity contribution in [3.05, 3.63) is 42.5 Å². The Kier molecular flexibility index (Phi) is 3.74. The van der Waals surface area contributed by atoms with E-state index in [9.17, 15) is 9.59 Å². The van der Waals surface area contributed by atoms with Crippen LogP contribution in [0.25, 0.3) is 10.8 Å². The van der Waals surface area contributed by atoms with Crippen molar-refractivity contribution in [1.82, 2.24) is 4.90 Å². The molecule has 0 bridgehead atoms. The molecule has 0 unspecified atom stereocenters. The molecule has 2 aromatic carbocycles. The molecule has 0 aromatic heterocycles. The Balaban J connectivity index is 1.62. The number of carbonyl (C=O) groups is 2. The van der Waals surface area contributed by atoms with Crippen LogP contribution in [-0.2, 0) is 9.59 Å². The van der Waals surface area contributed by atoms with Gasteiger partial charge in [0.15, 0.2) is 0 Å². The number of carbonyl (C=O) groups excluding carboxylic acids is 2. The summed E-state index contributed by atoms with van der Waals surface area (Å²) in [4.78, 5) is 25.5. The number of amides is 2. The van der Waals surface area contributed by atoms with Crippen molar-refractivity contribution in [3.8, 4) is 0 Å². The van der Waals surface area contributed by atoms with Crippen LogP contribution < -0.4 is 0 Å². The van der Waals surface area contributed by atoms with Crippen LogP contribution in [0, 0.1) is 0 Å². The second-order valence-corrected chi connectivity index (χ2v) is 5.96. The fourth-order valence-electron chi connectivity index (χ4n) is 2.38. The molecule has 102 valence electrons. The van der Waals surface area contributed by atoms with Gasteiger partial charge in [0.05, 0.1) is 0 Å². The van der Waals surface area contributed by atoms with E-state index in [1.54, 1.807) is 11.8 Å². The van der Waals surface area contributed by atoms with Crippen molar-refractivity contribution in [2.45, 2.75) is 17.7 Å². The summed E-state index contributed by atoms with van der Waals surface area (Å²) >= 11 is 1.68. The van der Waals surface area contributed by atoms with Crippen LogP contribution in [0.3, 0.4) is 0 Å². The lowest BCUT2D eigenvalue weighted by atomic mass is 10.1. The van der Waals surface area contributed by atoms with E-state index >= 15 is 0 Å². The van der Waals surface area contributed by atoms with Gasteiger partial charge in [0, 0.05) is 30.0 Å². The van der Waals surface area contributed by atoms with Gasteiger partial charge in [-0.1, -0.05) is 30.3 Å². The van der Waals surface area contributed by atoms with Gasteiger partial charge in [0.1, 0.15) is 0 Å². The van der Waals surface area contributed by atoms with Gasteiger partial charge in [-0.3, -0.25) is 14.5 Å². The number of hydrogen-bond acceptors (Lipinski definition) is 3. The van der Waals surface area contributed by atoms with Crippen LogP contribution in [0.15, 0.2) is 47.4 Å². The Hall–Kier alpha value is -1.81. The number of benzene rings is 2. The number of hydrogen-bond donors (Lipinski definition) is 0. The lowest BCUT2D eigenvalue weighted by molar-refractivity contribution is -0.137. The zero-order valence-corrected chi connectivity index (χ0v) is 11.9. The van der Waals surface area contributed by atoms with Gasteiger partial charge in [-0.15, -0.1) is 11.8 Å². The van der Waals surface area contributed by atoms with E-state index in [-0.39, 0.29) is 11.8 Å². The first-order valence-electron chi connectivity index (χ1n) is 6.69. The smallest absolute Gasteiger partial charge is 0.229 e. The Labute approximate surface area is 122 Å². The van der Waals surface area contributed by atoms with E-state index in [2.05, 4.69) is 30.3 Å². The molecule has 0 saturated carbocycles. The third kappa shape index (κ3) is 2.70. The van der Waals surface area contributed by atoms with E-state index in [1.165, 1.54) is 20.6 Å². The van der Waals surface area contributed by atoms with Crippen molar-refractivity contribution < 1.29 is 9.59 Å². The van der Waals surface area contributed by atoms with Gasteiger partial charge in [0.2, 0.25) is 11.8 Å². The molecule has 0 aliphatic carbocycles. The number of thioether (sulfide) groups is 1. The Morgan fingerprint density at radius 2 is 1.65 bits per heavy atom. The average Bonchev–Trinajstić information content (AvgIpc) is 2.79. The minimum absolute atomic E-state index is 0.0332. The zero-order chi connectivity index (χ0) is 13.9. The molecule has 0 atom stereocenters. The van der Waals surface area contributed by atoms with Gasteiger partial charge >= 0.3 is 0 Å². The summed E-state index contributed by atoms with van der Waals surface area (Å²) in [6.45, 7) is 0.509. The van der Waals surface area contributed by atoms with E-state index in [1.807, 2.05) is 12.1 Å². The fourth-order valence-corrected chi connectivity index (χ4v) is 3.27. The fraction of sp³-hybridized carbons (Fsp3) is 0.250. The first kappa shape index (κ1) is 13.2. The van der Waals surface area contributed by atoms with Crippen LogP contribution in [0.1, 0.15) is 12.8 Å². The van der Waals surface area contributed by atoms with Crippen LogP contribution in [0.2, 0.25) is 0 Å². The maximum atomic E-state index is 11.5. The number of fused-ring (bicyclic) bond motifs is 1. The van der Waals surface area contributed by atoms with Crippen molar-refractivity contribution in [3.63, 3.8) is 0 Å². The summed E-state index contributed by atoms with van der Waals surface area (Å²) in [5, 5.41) is 2.44. The zero-order valence-electron chi connectivity index (χ0n) is 11.0. The molecule has 1 saturated heterocycles. The first-order chi connectivity index (χ1) is 9.74. The number of imide groups is 1. The predicted molar refractivity (Wildman–Crippen MR) is 80.6 cm³/mol. The Morgan fingerprint density at radius 1 is 0.950 bits per heavy atom. The Morgan fingerprint density at radius 3 is 2.40 bits per heavy atom. The van der Waals surface area contributed by atoms with Crippen molar-refractivity contribution in [1.29, 1.82) is 0 Å². The van der Waals surface area contributed by atoms with E-state index in [0.29, 0.717) is 19.4 Å². The molecule has 3 rings (SSSR count). The SMILES string of the molecule is O=C1CCC(=O)N1CCSc1ccc2ccccc2c1. The second kappa shape index (κ2) is 5.67. The standard InChI is InChI=1S/C16H15NO2S/c18-15-7-8-16(19)17(15)9-10-20-14-6-5-12-3-1-2-4-13(12)11-14/h1-6,11H,7-10H2. The maximum absolute atomic E-state index is 11.5. The van der Waals surface area contributed by atoms with E-state index in [4.69, 9.17) is 0 Å². The highest BCUT2D eigenvalue weighted by molar-refractivity contribution is 7.99. The lowest BCUT2D eigenvalue weighted by Gasteiger charge is -2.13.